The van der Waals surface area contributed by atoms with Gasteiger partial charge in [-0.2, -0.15) is 0 Å². The summed E-state index contributed by atoms with van der Waals surface area (Å²) in [4.78, 5) is 0. The first-order chi connectivity index (χ1) is 9.94. The molecule has 2 nitrogen and oxygen atoms in total. The van der Waals surface area contributed by atoms with Crippen LogP contribution >= 0.6 is 0 Å². The number of rotatable bonds is 2. The van der Waals surface area contributed by atoms with Crippen molar-refractivity contribution in [2.75, 3.05) is 5.32 Å². The third-order valence-electron chi connectivity index (χ3n) is 4.09. The van der Waals surface area contributed by atoms with E-state index in [1.807, 2.05) is 6.07 Å². The zero-order chi connectivity index (χ0) is 15.0. The Morgan fingerprint density at radius 3 is 2.62 bits per heavy atom. The molecule has 3 rings (SSSR count). The number of nitrogens with one attached hydrogen (secondary N) is 1. The van der Waals surface area contributed by atoms with Crippen LogP contribution in [-0.2, 0) is 0 Å². The fraction of sp³-hybridized carbons (Fsp3) is 0.368. The molecule has 0 saturated heterocycles. The summed E-state index contributed by atoms with van der Waals surface area (Å²) in [6, 6.07) is 15.2. The van der Waals surface area contributed by atoms with Gasteiger partial charge in [-0.25, -0.2) is 0 Å². The lowest BCUT2D eigenvalue weighted by Gasteiger charge is -2.38. The van der Waals surface area contributed by atoms with Gasteiger partial charge in [0.05, 0.1) is 6.04 Å². The maximum absolute atomic E-state index is 6.10. The molecule has 1 aliphatic heterocycles. The number of aryl methyl sites for hydroxylation is 2. The largest absolute Gasteiger partial charge is 0.487 e. The number of benzene rings is 2. The highest BCUT2D eigenvalue weighted by Gasteiger charge is 2.33. The molecule has 1 unspecified atom stereocenters. The van der Waals surface area contributed by atoms with Gasteiger partial charge >= 0.3 is 0 Å². The molecule has 1 heterocycles. The smallest absolute Gasteiger partial charge is 0.125 e. The van der Waals surface area contributed by atoms with Crippen molar-refractivity contribution in [1.82, 2.24) is 0 Å². The van der Waals surface area contributed by atoms with Gasteiger partial charge in [-0.15, -0.1) is 0 Å². The summed E-state index contributed by atoms with van der Waals surface area (Å²) in [5.41, 5.74) is 4.89. The molecule has 0 aliphatic carbocycles. The summed E-state index contributed by atoms with van der Waals surface area (Å²) in [5, 5.41) is 3.71. The van der Waals surface area contributed by atoms with Gasteiger partial charge in [0, 0.05) is 17.7 Å². The van der Waals surface area contributed by atoms with Gasteiger partial charge in [-0.05, 0) is 45.4 Å². The van der Waals surface area contributed by atoms with Crippen molar-refractivity contribution in [1.29, 1.82) is 0 Å². The van der Waals surface area contributed by atoms with E-state index in [0.717, 1.165) is 12.2 Å². The van der Waals surface area contributed by atoms with E-state index in [2.05, 4.69) is 69.4 Å². The molecule has 0 aromatic heterocycles. The Morgan fingerprint density at radius 2 is 1.86 bits per heavy atom. The van der Waals surface area contributed by atoms with E-state index >= 15 is 0 Å². The minimum atomic E-state index is -0.148. The molecule has 21 heavy (non-hydrogen) atoms. The van der Waals surface area contributed by atoms with Gasteiger partial charge in [0.15, 0.2) is 0 Å². The van der Waals surface area contributed by atoms with Gasteiger partial charge in [0.2, 0.25) is 0 Å². The van der Waals surface area contributed by atoms with Gasteiger partial charge < -0.3 is 10.1 Å². The molecule has 2 aromatic rings. The molecule has 2 aromatic carbocycles. The normalized spacial score (nSPS) is 19.5. The predicted octanol–water partition coefficient (Wildman–Crippen LogP) is 5.02. The zero-order valence-corrected chi connectivity index (χ0v) is 13.2. The Morgan fingerprint density at radius 1 is 1.10 bits per heavy atom. The third-order valence-corrected chi connectivity index (χ3v) is 4.09. The number of para-hydroxylation sites is 1. The quantitative estimate of drug-likeness (QED) is 0.834. The SMILES string of the molecule is Cc1ccc(NC2CC(C)(C)Oc3ccccc32)c(C)c1. The lowest BCUT2D eigenvalue weighted by atomic mass is 9.89. The summed E-state index contributed by atoms with van der Waals surface area (Å²) in [7, 11) is 0. The summed E-state index contributed by atoms with van der Waals surface area (Å²) < 4.78 is 6.10. The van der Waals surface area contributed by atoms with Crippen molar-refractivity contribution in [3.05, 3.63) is 59.2 Å². The van der Waals surface area contributed by atoms with Crippen LogP contribution in [-0.4, -0.2) is 5.60 Å². The second-order valence-electron chi connectivity index (χ2n) is 6.62. The first-order valence-corrected chi connectivity index (χ1v) is 7.56. The maximum atomic E-state index is 6.10. The van der Waals surface area contributed by atoms with Crippen LogP contribution in [0.15, 0.2) is 42.5 Å². The molecular formula is C19H23NO. The predicted molar refractivity (Wildman–Crippen MR) is 88.0 cm³/mol. The molecular weight excluding hydrogens is 258 g/mol. The van der Waals surface area contributed by atoms with E-state index in [9.17, 15) is 0 Å². The van der Waals surface area contributed by atoms with E-state index in [1.54, 1.807) is 0 Å². The number of hydrogen-bond acceptors (Lipinski definition) is 2. The van der Waals surface area contributed by atoms with Crippen molar-refractivity contribution in [2.45, 2.75) is 45.8 Å². The highest BCUT2D eigenvalue weighted by atomic mass is 16.5. The number of fused-ring (bicyclic) bond motifs is 1. The summed E-state index contributed by atoms with van der Waals surface area (Å²) in [6.45, 7) is 8.59. The molecule has 0 bridgehead atoms. The van der Waals surface area contributed by atoms with Crippen molar-refractivity contribution in [3.8, 4) is 5.75 Å². The molecule has 110 valence electrons. The van der Waals surface area contributed by atoms with E-state index in [1.165, 1.54) is 22.4 Å². The minimum absolute atomic E-state index is 0.148. The van der Waals surface area contributed by atoms with Crippen LogP contribution in [0, 0.1) is 13.8 Å². The standard InChI is InChI=1S/C19H23NO/c1-13-9-10-16(14(2)11-13)20-17-12-19(3,4)21-18-8-6-5-7-15(17)18/h5-11,17,20H,12H2,1-4H3. The molecule has 2 heteroatoms. The molecule has 0 saturated carbocycles. The topological polar surface area (TPSA) is 21.3 Å². The highest BCUT2D eigenvalue weighted by molar-refractivity contribution is 5.55. The highest BCUT2D eigenvalue weighted by Crippen LogP contribution is 2.41. The lowest BCUT2D eigenvalue weighted by Crippen LogP contribution is -2.37. The molecule has 0 radical (unpaired) electrons. The lowest BCUT2D eigenvalue weighted by molar-refractivity contribution is 0.0759. The van der Waals surface area contributed by atoms with Crippen LogP contribution in [0.4, 0.5) is 5.69 Å². The van der Waals surface area contributed by atoms with Crippen molar-refractivity contribution in [3.63, 3.8) is 0 Å². The monoisotopic (exact) mass is 281 g/mol. The molecule has 0 spiro atoms. The Hall–Kier alpha value is -1.96. The van der Waals surface area contributed by atoms with Crippen LogP contribution in [0.1, 0.15) is 43.0 Å². The average Bonchev–Trinajstić information content (AvgIpc) is 2.40. The Bertz CT molecular complexity index is 660. The Kier molecular flexibility index (Phi) is 3.40. The van der Waals surface area contributed by atoms with Crippen molar-refractivity contribution in [2.24, 2.45) is 0 Å². The molecule has 1 N–H and O–H groups in total. The summed E-state index contributed by atoms with van der Waals surface area (Å²) in [5.74, 6) is 0.996. The van der Waals surface area contributed by atoms with Crippen LogP contribution in [0.3, 0.4) is 0 Å². The second-order valence-corrected chi connectivity index (χ2v) is 6.62. The zero-order valence-electron chi connectivity index (χ0n) is 13.2. The Balaban J connectivity index is 1.94. The second kappa shape index (κ2) is 5.10. The molecule has 0 fully saturated rings. The third kappa shape index (κ3) is 2.90. The number of hydrogen-bond donors (Lipinski definition) is 1. The molecule has 1 aliphatic rings. The van der Waals surface area contributed by atoms with Crippen LogP contribution in [0.5, 0.6) is 5.75 Å². The maximum Gasteiger partial charge on any atom is 0.125 e. The van der Waals surface area contributed by atoms with Crippen LogP contribution < -0.4 is 10.1 Å². The van der Waals surface area contributed by atoms with E-state index in [4.69, 9.17) is 4.74 Å². The summed E-state index contributed by atoms with van der Waals surface area (Å²) >= 11 is 0. The van der Waals surface area contributed by atoms with Crippen LogP contribution in [0.25, 0.3) is 0 Å². The number of anilines is 1. The van der Waals surface area contributed by atoms with Gasteiger partial charge in [0.1, 0.15) is 11.4 Å². The average molecular weight is 281 g/mol. The summed E-state index contributed by atoms with van der Waals surface area (Å²) in [6.07, 6.45) is 0.956. The van der Waals surface area contributed by atoms with Crippen molar-refractivity contribution < 1.29 is 4.74 Å². The first kappa shape index (κ1) is 14.0. The first-order valence-electron chi connectivity index (χ1n) is 7.56. The van der Waals surface area contributed by atoms with E-state index in [0.29, 0.717) is 0 Å². The van der Waals surface area contributed by atoms with E-state index in [-0.39, 0.29) is 11.6 Å². The number of ether oxygens (including phenoxy) is 1. The van der Waals surface area contributed by atoms with Crippen LogP contribution in [0.2, 0.25) is 0 Å². The molecule has 0 amide bonds. The Labute approximate surface area is 127 Å². The van der Waals surface area contributed by atoms with Crippen molar-refractivity contribution >= 4 is 5.69 Å². The van der Waals surface area contributed by atoms with Gasteiger partial charge in [-0.3, -0.25) is 0 Å². The minimum Gasteiger partial charge on any atom is -0.487 e. The van der Waals surface area contributed by atoms with Gasteiger partial charge in [0.25, 0.3) is 0 Å². The fourth-order valence-corrected chi connectivity index (χ4v) is 3.09. The molecule has 1 atom stereocenters. The fourth-order valence-electron chi connectivity index (χ4n) is 3.09. The van der Waals surface area contributed by atoms with Gasteiger partial charge in [-0.1, -0.05) is 35.9 Å². The van der Waals surface area contributed by atoms with E-state index < -0.39 is 0 Å².